The summed E-state index contributed by atoms with van der Waals surface area (Å²) < 4.78 is 9.68. The number of hydrogen-bond donors (Lipinski definition) is 2. The van der Waals surface area contributed by atoms with E-state index in [1.165, 1.54) is 7.11 Å². The number of carbonyl (C=O) groups is 3. The van der Waals surface area contributed by atoms with E-state index in [0.717, 1.165) is 25.9 Å². The van der Waals surface area contributed by atoms with Crippen molar-refractivity contribution < 1.29 is 23.9 Å². The summed E-state index contributed by atoms with van der Waals surface area (Å²) in [5, 5.41) is 5.53. The number of nitrogens with zero attached hydrogens (tertiary/aromatic N) is 1. The lowest BCUT2D eigenvalue weighted by Crippen LogP contribution is -2.38. The standard InChI is InChI=1S/C21H29N3O5S/c1-15-8-10-24(11-9-15)20(27)16-4-3-5-17(14-16)22-21(30)23-18(25)6-7-19(26)29-13-12-28-2/h3-5,14-15H,6-13H2,1-2H3,(H2,22,23,25,30). The van der Waals surface area contributed by atoms with E-state index >= 15 is 0 Å². The zero-order valence-electron chi connectivity index (χ0n) is 17.4. The largest absolute Gasteiger partial charge is 0.463 e. The van der Waals surface area contributed by atoms with Crippen LogP contribution in [0.5, 0.6) is 0 Å². The second kappa shape index (κ2) is 12.2. The van der Waals surface area contributed by atoms with Gasteiger partial charge in [-0.1, -0.05) is 13.0 Å². The minimum atomic E-state index is -0.473. The van der Waals surface area contributed by atoms with Crippen LogP contribution in [0.15, 0.2) is 24.3 Å². The second-order valence-electron chi connectivity index (χ2n) is 7.27. The summed E-state index contributed by atoms with van der Waals surface area (Å²) in [7, 11) is 1.51. The van der Waals surface area contributed by atoms with E-state index in [-0.39, 0.29) is 30.5 Å². The molecule has 1 aliphatic heterocycles. The van der Waals surface area contributed by atoms with Gasteiger partial charge in [-0.2, -0.15) is 0 Å². The third kappa shape index (κ3) is 8.08. The van der Waals surface area contributed by atoms with E-state index in [9.17, 15) is 14.4 Å². The van der Waals surface area contributed by atoms with Gasteiger partial charge in [-0.25, -0.2) is 0 Å². The number of thiocarbonyl (C=S) groups is 1. The predicted octanol–water partition coefficient (Wildman–Crippen LogP) is 2.34. The fourth-order valence-corrected chi connectivity index (χ4v) is 3.23. The van der Waals surface area contributed by atoms with Crippen LogP contribution in [0.1, 0.15) is 43.0 Å². The number of hydrogen-bond acceptors (Lipinski definition) is 6. The summed E-state index contributed by atoms with van der Waals surface area (Å²) in [5.74, 6) is -0.229. The summed E-state index contributed by atoms with van der Waals surface area (Å²) >= 11 is 5.15. The molecule has 9 heteroatoms. The number of piperidine rings is 1. The number of amides is 2. The fourth-order valence-electron chi connectivity index (χ4n) is 3.00. The summed E-state index contributed by atoms with van der Waals surface area (Å²) in [5.41, 5.74) is 1.18. The van der Waals surface area contributed by atoms with Crippen LogP contribution in [0.2, 0.25) is 0 Å². The van der Waals surface area contributed by atoms with Crippen LogP contribution in [0, 0.1) is 5.92 Å². The average molecular weight is 436 g/mol. The number of likely N-dealkylation sites (tertiary alicyclic amines) is 1. The predicted molar refractivity (Wildman–Crippen MR) is 117 cm³/mol. The summed E-state index contributed by atoms with van der Waals surface area (Å²) in [6.45, 7) is 4.19. The molecule has 1 fully saturated rings. The Morgan fingerprint density at radius 1 is 1.17 bits per heavy atom. The summed E-state index contributed by atoms with van der Waals surface area (Å²) in [4.78, 5) is 38.0. The maximum Gasteiger partial charge on any atom is 0.306 e. The number of carbonyl (C=O) groups excluding carboxylic acids is 3. The van der Waals surface area contributed by atoms with Crippen molar-refractivity contribution in [1.82, 2.24) is 10.2 Å². The maximum absolute atomic E-state index is 12.7. The molecule has 2 N–H and O–H groups in total. The van der Waals surface area contributed by atoms with Crippen LogP contribution in [0.4, 0.5) is 5.69 Å². The third-order valence-corrected chi connectivity index (χ3v) is 5.00. The minimum absolute atomic E-state index is 0.00695. The van der Waals surface area contributed by atoms with E-state index in [2.05, 4.69) is 17.6 Å². The van der Waals surface area contributed by atoms with Crippen molar-refractivity contribution >= 4 is 40.8 Å². The van der Waals surface area contributed by atoms with Crippen molar-refractivity contribution in [3.05, 3.63) is 29.8 Å². The van der Waals surface area contributed by atoms with Crippen molar-refractivity contribution in [2.75, 3.05) is 38.7 Å². The quantitative estimate of drug-likeness (QED) is 0.367. The van der Waals surface area contributed by atoms with Gasteiger partial charge in [0.15, 0.2) is 5.11 Å². The Labute approximate surface area is 182 Å². The van der Waals surface area contributed by atoms with Gasteiger partial charge >= 0.3 is 5.97 Å². The first kappa shape index (κ1) is 23.8. The highest BCUT2D eigenvalue weighted by Gasteiger charge is 2.21. The smallest absolute Gasteiger partial charge is 0.306 e. The minimum Gasteiger partial charge on any atom is -0.463 e. The van der Waals surface area contributed by atoms with E-state index < -0.39 is 11.9 Å². The summed E-state index contributed by atoms with van der Waals surface area (Å²) in [6.07, 6.45) is 1.94. The number of ether oxygens (including phenoxy) is 2. The van der Waals surface area contributed by atoms with Crippen molar-refractivity contribution in [3.8, 4) is 0 Å². The van der Waals surface area contributed by atoms with Crippen molar-refractivity contribution in [2.24, 2.45) is 5.92 Å². The first-order chi connectivity index (χ1) is 14.4. The molecule has 0 saturated carbocycles. The Kier molecular flexibility index (Phi) is 9.69. The molecule has 0 radical (unpaired) electrons. The molecule has 164 valence electrons. The van der Waals surface area contributed by atoms with Gasteiger partial charge in [0.1, 0.15) is 6.61 Å². The Morgan fingerprint density at radius 3 is 2.60 bits per heavy atom. The fraction of sp³-hybridized carbons (Fsp3) is 0.524. The lowest BCUT2D eigenvalue weighted by Gasteiger charge is -2.30. The highest BCUT2D eigenvalue weighted by molar-refractivity contribution is 7.80. The molecule has 0 aliphatic carbocycles. The highest BCUT2D eigenvalue weighted by Crippen LogP contribution is 2.19. The first-order valence-electron chi connectivity index (χ1n) is 10.0. The molecule has 8 nitrogen and oxygen atoms in total. The summed E-state index contributed by atoms with van der Waals surface area (Å²) in [6, 6.07) is 7.01. The zero-order valence-corrected chi connectivity index (χ0v) is 18.3. The van der Waals surface area contributed by atoms with Gasteiger partial charge in [-0.05, 0) is 49.2 Å². The number of nitrogens with one attached hydrogen (secondary N) is 2. The SMILES string of the molecule is COCCOC(=O)CCC(=O)NC(=S)Nc1cccc(C(=O)N2CCC(C)CC2)c1. The van der Waals surface area contributed by atoms with Gasteiger partial charge in [0.2, 0.25) is 5.91 Å². The zero-order chi connectivity index (χ0) is 21.9. The third-order valence-electron chi connectivity index (χ3n) is 4.80. The number of esters is 1. The molecule has 1 aliphatic rings. The van der Waals surface area contributed by atoms with Crippen molar-refractivity contribution in [3.63, 3.8) is 0 Å². The Morgan fingerprint density at radius 2 is 1.90 bits per heavy atom. The van der Waals surface area contributed by atoms with Crippen LogP contribution in [0.3, 0.4) is 0 Å². The van der Waals surface area contributed by atoms with Gasteiger partial charge in [0.25, 0.3) is 5.91 Å². The molecule has 1 saturated heterocycles. The van der Waals surface area contributed by atoms with Gasteiger partial charge in [0, 0.05) is 37.9 Å². The number of rotatable bonds is 8. The van der Waals surface area contributed by atoms with Crippen LogP contribution >= 0.6 is 12.2 Å². The highest BCUT2D eigenvalue weighted by atomic mass is 32.1. The Bertz CT molecular complexity index is 763. The molecular weight excluding hydrogens is 406 g/mol. The molecule has 30 heavy (non-hydrogen) atoms. The molecule has 0 spiro atoms. The normalized spacial score (nSPS) is 14.1. The number of anilines is 1. The molecule has 0 aromatic heterocycles. The van der Waals surface area contributed by atoms with E-state index in [1.54, 1.807) is 24.3 Å². The Balaban J connectivity index is 1.79. The molecule has 1 heterocycles. The Hall–Kier alpha value is -2.52. The topological polar surface area (TPSA) is 97.0 Å². The average Bonchev–Trinajstić information content (AvgIpc) is 2.72. The number of benzene rings is 1. The van der Waals surface area contributed by atoms with Crippen LogP contribution < -0.4 is 10.6 Å². The van der Waals surface area contributed by atoms with Gasteiger partial charge in [0.05, 0.1) is 13.0 Å². The van der Waals surface area contributed by atoms with Gasteiger partial charge in [-0.15, -0.1) is 0 Å². The van der Waals surface area contributed by atoms with Crippen LogP contribution in [-0.2, 0) is 19.1 Å². The molecular formula is C21H29N3O5S. The molecule has 2 amide bonds. The molecule has 0 bridgehead atoms. The molecule has 2 rings (SSSR count). The van der Waals surface area contributed by atoms with E-state index in [1.807, 2.05) is 4.90 Å². The van der Waals surface area contributed by atoms with Crippen molar-refractivity contribution in [1.29, 1.82) is 0 Å². The lowest BCUT2D eigenvalue weighted by atomic mass is 9.98. The maximum atomic E-state index is 12.7. The first-order valence-corrected chi connectivity index (χ1v) is 10.4. The van der Waals surface area contributed by atoms with Gasteiger partial charge in [-0.3, -0.25) is 14.4 Å². The second-order valence-corrected chi connectivity index (χ2v) is 7.68. The molecule has 1 aromatic rings. The molecule has 1 aromatic carbocycles. The molecule has 0 atom stereocenters. The van der Waals surface area contributed by atoms with Crippen LogP contribution in [-0.4, -0.2) is 61.2 Å². The van der Waals surface area contributed by atoms with E-state index in [0.29, 0.717) is 23.8 Å². The molecule has 0 unspecified atom stereocenters. The van der Waals surface area contributed by atoms with Crippen LogP contribution in [0.25, 0.3) is 0 Å². The monoisotopic (exact) mass is 435 g/mol. The van der Waals surface area contributed by atoms with E-state index in [4.69, 9.17) is 21.7 Å². The van der Waals surface area contributed by atoms with Gasteiger partial charge < -0.3 is 25.0 Å². The number of methoxy groups -OCH3 is 1. The lowest BCUT2D eigenvalue weighted by molar-refractivity contribution is -0.146. The van der Waals surface area contributed by atoms with Crippen molar-refractivity contribution in [2.45, 2.75) is 32.6 Å².